The second-order valence-corrected chi connectivity index (χ2v) is 5.73. The van der Waals surface area contributed by atoms with Gasteiger partial charge in [0, 0.05) is 18.3 Å². The number of aliphatic hydroxyl groups excluding tert-OH is 1. The Kier molecular flexibility index (Phi) is 5.54. The van der Waals surface area contributed by atoms with E-state index in [0.29, 0.717) is 22.8 Å². The van der Waals surface area contributed by atoms with E-state index in [0.717, 1.165) is 4.90 Å². The van der Waals surface area contributed by atoms with Crippen molar-refractivity contribution in [3.63, 3.8) is 0 Å². The zero-order valence-electron chi connectivity index (χ0n) is 13.0. The molecule has 1 unspecified atom stereocenters. The Morgan fingerprint density at radius 2 is 1.92 bits per heavy atom. The summed E-state index contributed by atoms with van der Waals surface area (Å²) in [4.78, 5) is 27.2. The zero-order chi connectivity index (χ0) is 18.8. The molecule has 2 aromatic rings. The first-order chi connectivity index (χ1) is 11.6. The van der Waals surface area contributed by atoms with Crippen molar-refractivity contribution in [3.8, 4) is 0 Å². The fraction of sp³-hybridized carbons (Fsp3) is 0.250. The Morgan fingerprint density at radius 3 is 2.44 bits per heavy atom. The van der Waals surface area contributed by atoms with Crippen molar-refractivity contribution >= 4 is 17.5 Å². The highest BCUT2D eigenvalue weighted by molar-refractivity contribution is 6.30. The monoisotopic (exact) mass is 374 g/mol. The molecule has 2 N–H and O–H groups in total. The third kappa shape index (κ3) is 4.21. The third-order valence-electron chi connectivity index (χ3n) is 3.68. The number of aromatic nitrogens is 1. The predicted molar refractivity (Wildman–Crippen MR) is 85.4 cm³/mol. The maximum absolute atomic E-state index is 12.8. The molecule has 0 fully saturated rings. The molecule has 1 amide bonds. The minimum Gasteiger partial charge on any atom is -0.394 e. The number of carbonyl (C=O) groups is 1. The molecule has 1 heterocycles. The highest BCUT2D eigenvalue weighted by Gasteiger charge is 2.33. The Balaban J connectivity index is 2.38. The molecule has 1 aromatic carbocycles. The maximum Gasteiger partial charge on any atom is 0.417 e. The lowest BCUT2D eigenvalue weighted by molar-refractivity contribution is -0.137. The van der Waals surface area contributed by atoms with Crippen LogP contribution in [0.2, 0.25) is 5.02 Å². The first kappa shape index (κ1) is 19.0. The topological polar surface area (TPSA) is 73.4 Å². The third-order valence-corrected chi connectivity index (χ3v) is 3.93. The number of aliphatic hydroxyl groups is 1. The number of benzene rings is 1. The summed E-state index contributed by atoms with van der Waals surface area (Å²) in [6, 6.07) is 5.89. The lowest BCUT2D eigenvalue weighted by atomic mass is 10.1. The standard InChI is InChI=1S/C16H14ClF3N2O3/c1-22(13(8-23)9-2-4-11(17)5-3-9)15(25)12-6-10(16(18,19)20)7-21-14(12)24/h2-7,13,23H,8H2,1H3,(H,21,24). The van der Waals surface area contributed by atoms with Crippen LogP contribution >= 0.6 is 11.6 Å². The van der Waals surface area contributed by atoms with Crippen LogP contribution in [0.3, 0.4) is 0 Å². The fourth-order valence-corrected chi connectivity index (χ4v) is 2.40. The lowest BCUT2D eigenvalue weighted by Gasteiger charge is -2.27. The van der Waals surface area contributed by atoms with Gasteiger partial charge in [0.15, 0.2) is 0 Å². The molecule has 0 aliphatic carbocycles. The van der Waals surface area contributed by atoms with Gasteiger partial charge in [-0.3, -0.25) is 9.59 Å². The molecule has 1 aromatic heterocycles. The number of H-pyrrole nitrogens is 1. The molecular formula is C16H14ClF3N2O3. The minimum absolute atomic E-state index is 0.448. The highest BCUT2D eigenvalue weighted by atomic mass is 35.5. The van der Waals surface area contributed by atoms with Crippen LogP contribution in [-0.2, 0) is 6.18 Å². The van der Waals surface area contributed by atoms with Crippen LogP contribution < -0.4 is 5.56 Å². The Bertz CT molecular complexity index is 819. The van der Waals surface area contributed by atoms with Gasteiger partial charge in [-0.2, -0.15) is 13.2 Å². The number of nitrogens with one attached hydrogen (secondary N) is 1. The van der Waals surface area contributed by atoms with Crippen molar-refractivity contribution in [2.24, 2.45) is 0 Å². The average molecular weight is 375 g/mol. The molecule has 0 spiro atoms. The van der Waals surface area contributed by atoms with Crippen LogP contribution in [-0.4, -0.2) is 34.6 Å². The van der Waals surface area contributed by atoms with Gasteiger partial charge in [0.1, 0.15) is 5.56 Å². The molecule has 0 aliphatic rings. The van der Waals surface area contributed by atoms with Gasteiger partial charge in [-0.1, -0.05) is 23.7 Å². The molecule has 0 aliphatic heterocycles. The van der Waals surface area contributed by atoms with E-state index in [1.807, 2.05) is 4.98 Å². The molecule has 5 nitrogen and oxygen atoms in total. The number of carbonyl (C=O) groups excluding carboxylic acids is 1. The van der Waals surface area contributed by atoms with Gasteiger partial charge in [-0.25, -0.2) is 0 Å². The molecule has 1 atom stereocenters. The number of pyridine rings is 1. The number of alkyl halides is 3. The summed E-state index contributed by atoms with van der Waals surface area (Å²) in [5.41, 5.74) is -2.23. The molecule has 9 heteroatoms. The number of hydrogen-bond donors (Lipinski definition) is 2. The summed E-state index contributed by atoms with van der Waals surface area (Å²) in [6.07, 6.45) is -4.20. The second-order valence-electron chi connectivity index (χ2n) is 5.29. The second kappa shape index (κ2) is 7.28. The largest absolute Gasteiger partial charge is 0.417 e. The van der Waals surface area contributed by atoms with E-state index in [4.69, 9.17) is 11.6 Å². The molecule has 0 radical (unpaired) electrons. The van der Waals surface area contributed by atoms with Crippen LogP contribution in [0.25, 0.3) is 0 Å². The summed E-state index contributed by atoms with van der Waals surface area (Å²) in [6.45, 7) is -0.485. The molecule has 25 heavy (non-hydrogen) atoms. The smallest absolute Gasteiger partial charge is 0.394 e. The molecule has 0 bridgehead atoms. The van der Waals surface area contributed by atoms with E-state index in [2.05, 4.69) is 0 Å². The molecular weight excluding hydrogens is 361 g/mol. The van der Waals surface area contributed by atoms with Gasteiger partial charge in [0.25, 0.3) is 11.5 Å². The summed E-state index contributed by atoms with van der Waals surface area (Å²) >= 11 is 5.78. The summed E-state index contributed by atoms with van der Waals surface area (Å²) in [5.74, 6) is -0.943. The first-order valence-corrected chi connectivity index (χ1v) is 7.46. The summed E-state index contributed by atoms with van der Waals surface area (Å²) in [5, 5.41) is 10.0. The number of aromatic amines is 1. The Hall–Kier alpha value is -2.32. The summed E-state index contributed by atoms with van der Waals surface area (Å²) in [7, 11) is 1.29. The van der Waals surface area contributed by atoms with E-state index >= 15 is 0 Å². The number of halogens is 4. The van der Waals surface area contributed by atoms with E-state index in [9.17, 15) is 27.9 Å². The predicted octanol–water partition coefficient (Wildman–Crippen LogP) is 2.85. The molecule has 0 saturated carbocycles. The Morgan fingerprint density at radius 1 is 1.32 bits per heavy atom. The van der Waals surface area contributed by atoms with E-state index in [1.54, 1.807) is 24.3 Å². The van der Waals surface area contributed by atoms with Crippen LogP contribution in [0.4, 0.5) is 13.2 Å². The van der Waals surface area contributed by atoms with E-state index < -0.39 is 41.4 Å². The normalized spacial score (nSPS) is 12.7. The lowest BCUT2D eigenvalue weighted by Crippen LogP contribution is -2.36. The van der Waals surface area contributed by atoms with Gasteiger partial charge < -0.3 is 15.0 Å². The average Bonchev–Trinajstić information content (AvgIpc) is 2.55. The molecule has 2 rings (SSSR count). The van der Waals surface area contributed by atoms with Crippen molar-refractivity contribution in [1.82, 2.24) is 9.88 Å². The minimum atomic E-state index is -4.70. The van der Waals surface area contributed by atoms with Crippen LogP contribution in [0, 0.1) is 0 Å². The van der Waals surface area contributed by atoms with E-state index in [1.165, 1.54) is 7.05 Å². The van der Waals surface area contributed by atoms with Gasteiger partial charge >= 0.3 is 6.18 Å². The van der Waals surface area contributed by atoms with Gasteiger partial charge in [0.2, 0.25) is 0 Å². The molecule has 0 saturated heterocycles. The van der Waals surface area contributed by atoms with Crippen molar-refractivity contribution in [1.29, 1.82) is 0 Å². The SMILES string of the molecule is CN(C(=O)c1cc(C(F)(F)F)c[nH]c1=O)C(CO)c1ccc(Cl)cc1. The zero-order valence-corrected chi connectivity index (χ0v) is 13.7. The highest BCUT2D eigenvalue weighted by Crippen LogP contribution is 2.29. The van der Waals surface area contributed by atoms with Crippen LogP contribution in [0.5, 0.6) is 0 Å². The van der Waals surface area contributed by atoms with Crippen molar-refractivity contribution in [3.05, 3.63) is 68.6 Å². The summed E-state index contributed by atoms with van der Waals surface area (Å²) < 4.78 is 38.4. The number of nitrogens with zero attached hydrogens (tertiary/aromatic N) is 1. The van der Waals surface area contributed by atoms with Crippen molar-refractivity contribution < 1.29 is 23.1 Å². The van der Waals surface area contributed by atoms with Gasteiger partial charge in [-0.15, -0.1) is 0 Å². The van der Waals surface area contributed by atoms with Crippen molar-refractivity contribution in [2.75, 3.05) is 13.7 Å². The van der Waals surface area contributed by atoms with Gasteiger partial charge in [-0.05, 0) is 23.8 Å². The number of amides is 1. The number of rotatable bonds is 4. The van der Waals surface area contributed by atoms with Crippen LogP contribution in [0.15, 0.2) is 41.3 Å². The number of hydrogen-bond acceptors (Lipinski definition) is 3. The van der Waals surface area contributed by atoms with Crippen molar-refractivity contribution in [2.45, 2.75) is 12.2 Å². The number of likely N-dealkylation sites (N-methyl/N-ethyl adjacent to an activating group) is 1. The van der Waals surface area contributed by atoms with Gasteiger partial charge in [0.05, 0.1) is 18.2 Å². The van der Waals surface area contributed by atoms with Crippen LogP contribution in [0.1, 0.15) is 27.5 Å². The fourth-order valence-electron chi connectivity index (χ4n) is 2.27. The first-order valence-electron chi connectivity index (χ1n) is 7.08. The Labute approximate surface area is 145 Å². The molecule has 134 valence electrons. The maximum atomic E-state index is 12.8. The quantitative estimate of drug-likeness (QED) is 0.864. The van der Waals surface area contributed by atoms with E-state index in [-0.39, 0.29) is 0 Å².